The standard InChI is InChI=1S/C14H17FN2O/c1-10-3-4-17(9-14(10)18-2)13-6-11(8-16)5-12(15)7-13/h5-7,10,14H,3-4,9H2,1-2H3. The molecule has 0 bridgehead atoms. The molecule has 18 heavy (non-hydrogen) atoms. The van der Waals surface area contributed by atoms with Crippen LogP contribution in [0, 0.1) is 23.1 Å². The lowest BCUT2D eigenvalue weighted by atomic mass is 9.95. The number of nitriles is 1. The number of rotatable bonds is 2. The van der Waals surface area contributed by atoms with E-state index in [1.54, 1.807) is 13.2 Å². The highest BCUT2D eigenvalue weighted by molar-refractivity contribution is 5.52. The first-order valence-electron chi connectivity index (χ1n) is 6.12. The summed E-state index contributed by atoms with van der Waals surface area (Å²) in [6.07, 6.45) is 1.17. The predicted octanol–water partition coefficient (Wildman–Crippen LogP) is 2.56. The SMILES string of the molecule is COC1CN(c2cc(F)cc(C#N)c2)CCC1C. The maximum atomic E-state index is 13.4. The summed E-state index contributed by atoms with van der Waals surface area (Å²) in [6, 6.07) is 6.44. The number of benzene rings is 1. The van der Waals surface area contributed by atoms with Crippen molar-refractivity contribution in [2.45, 2.75) is 19.4 Å². The smallest absolute Gasteiger partial charge is 0.126 e. The van der Waals surface area contributed by atoms with Crippen LogP contribution in [0.25, 0.3) is 0 Å². The summed E-state index contributed by atoms with van der Waals surface area (Å²) in [4.78, 5) is 2.08. The second-order valence-corrected chi connectivity index (χ2v) is 4.80. The fraction of sp³-hybridized carbons (Fsp3) is 0.500. The van der Waals surface area contributed by atoms with Crippen molar-refractivity contribution in [2.24, 2.45) is 5.92 Å². The van der Waals surface area contributed by atoms with Gasteiger partial charge in [-0.15, -0.1) is 0 Å². The summed E-state index contributed by atoms with van der Waals surface area (Å²) < 4.78 is 18.9. The minimum Gasteiger partial charge on any atom is -0.379 e. The number of nitrogens with zero attached hydrogens (tertiary/aromatic N) is 2. The van der Waals surface area contributed by atoms with Gasteiger partial charge in [0, 0.05) is 25.9 Å². The normalized spacial score (nSPS) is 23.8. The Morgan fingerprint density at radius 2 is 2.22 bits per heavy atom. The molecule has 1 aliphatic rings. The first-order chi connectivity index (χ1) is 8.63. The quantitative estimate of drug-likeness (QED) is 0.807. The Balaban J connectivity index is 2.22. The highest BCUT2D eigenvalue weighted by atomic mass is 19.1. The first-order valence-corrected chi connectivity index (χ1v) is 6.12. The lowest BCUT2D eigenvalue weighted by Crippen LogP contribution is -2.44. The Labute approximate surface area is 107 Å². The third kappa shape index (κ3) is 2.62. The van der Waals surface area contributed by atoms with E-state index in [1.807, 2.05) is 6.07 Å². The molecule has 0 amide bonds. The van der Waals surface area contributed by atoms with Crippen molar-refractivity contribution in [3.05, 3.63) is 29.6 Å². The third-order valence-corrected chi connectivity index (χ3v) is 3.57. The van der Waals surface area contributed by atoms with E-state index in [1.165, 1.54) is 12.1 Å². The Kier molecular flexibility index (Phi) is 3.83. The van der Waals surface area contributed by atoms with E-state index in [4.69, 9.17) is 10.00 Å². The van der Waals surface area contributed by atoms with Gasteiger partial charge in [0.25, 0.3) is 0 Å². The summed E-state index contributed by atoms with van der Waals surface area (Å²) in [6.45, 7) is 3.78. The average molecular weight is 248 g/mol. The topological polar surface area (TPSA) is 36.3 Å². The highest BCUT2D eigenvalue weighted by Gasteiger charge is 2.26. The van der Waals surface area contributed by atoms with Crippen LogP contribution in [0.3, 0.4) is 0 Å². The summed E-state index contributed by atoms with van der Waals surface area (Å²) >= 11 is 0. The number of methoxy groups -OCH3 is 1. The van der Waals surface area contributed by atoms with E-state index < -0.39 is 0 Å². The molecule has 3 nitrogen and oxygen atoms in total. The van der Waals surface area contributed by atoms with Crippen LogP contribution in [-0.2, 0) is 4.74 Å². The van der Waals surface area contributed by atoms with Gasteiger partial charge in [0.2, 0.25) is 0 Å². The summed E-state index contributed by atoms with van der Waals surface area (Å²) in [5.41, 5.74) is 1.12. The number of piperidine rings is 1. The van der Waals surface area contributed by atoms with E-state index in [9.17, 15) is 4.39 Å². The number of anilines is 1. The molecule has 1 aliphatic heterocycles. The second-order valence-electron chi connectivity index (χ2n) is 4.80. The fourth-order valence-electron chi connectivity index (χ4n) is 2.40. The Morgan fingerprint density at radius 1 is 1.44 bits per heavy atom. The molecule has 1 aromatic carbocycles. The molecule has 0 aromatic heterocycles. The van der Waals surface area contributed by atoms with Gasteiger partial charge in [-0.05, 0) is 30.5 Å². The third-order valence-electron chi connectivity index (χ3n) is 3.57. The van der Waals surface area contributed by atoms with Gasteiger partial charge in [0.15, 0.2) is 0 Å². The molecular formula is C14H17FN2O. The van der Waals surface area contributed by atoms with Crippen molar-refractivity contribution < 1.29 is 9.13 Å². The molecule has 2 atom stereocenters. The van der Waals surface area contributed by atoms with Crippen molar-refractivity contribution in [1.29, 1.82) is 5.26 Å². The van der Waals surface area contributed by atoms with Gasteiger partial charge in [-0.1, -0.05) is 6.92 Å². The molecule has 0 saturated carbocycles. The number of hydrogen-bond donors (Lipinski definition) is 0. The first kappa shape index (κ1) is 12.8. The fourth-order valence-corrected chi connectivity index (χ4v) is 2.40. The molecular weight excluding hydrogens is 231 g/mol. The molecule has 1 aromatic rings. The van der Waals surface area contributed by atoms with Crippen LogP contribution in [-0.4, -0.2) is 26.3 Å². The Morgan fingerprint density at radius 3 is 2.89 bits per heavy atom. The zero-order valence-corrected chi connectivity index (χ0v) is 10.7. The van der Waals surface area contributed by atoms with Crippen LogP contribution in [0.1, 0.15) is 18.9 Å². The average Bonchev–Trinajstić information content (AvgIpc) is 2.38. The van der Waals surface area contributed by atoms with Gasteiger partial charge >= 0.3 is 0 Å². The van der Waals surface area contributed by atoms with Gasteiger partial charge in [-0.3, -0.25) is 0 Å². The van der Waals surface area contributed by atoms with E-state index in [0.29, 0.717) is 11.5 Å². The molecule has 0 radical (unpaired) electrons. The summed E-state index contributed by atoms with van der Waals surface area (Å²) in [5.74, 6) is 0.145. The molecule has 4 heteroatoms. The zero-order chi connectivity index (χ0) is 13.1. The van der Waals surface area contributed by atoms with Crippen LogP contribution in [0.2, 0.25) is 0 Å². The van der Waals surface area contributed by atoms with Crippen LogP contribution >= 0.6 is 0 Å². The van der Waals surface area contributed by atoms with Crippen LogP contribution in [0.4, 0.5) is 10.1 Å². The van der Waals surface area contributed by atoms with Crippen LogP contribution in [0.5, 0.6) is 0 Å². The zero-order valence-electron chi connectivity index (χ0n) is 10.7. The number of ether oxygens (including phenoxy) is 1. The van der Waals surface area contributed by atoms with E-state index in [-0.39, 0.29) is 11.9 Å². The summed E-state index contributed by atoms with van der Waals surface area (Å²) in [7, 11) is 1.71. The molecule has 1 heterocycles. The minimum atomic E-state index is -0.364. The van der Waals surface area contributed by atoms with Gasteiger partial charge in [-0.2, -0.15) is 5.26 Å². The number of halogens is 1. The van der Waals surface area contributed by atoms with Gasteiger partial charge in [0.05, 0.1) is 17.7 Å². The van der Waals surface area contributed by atoms with Crippen molar-refractivity contribution in [1.82, 2.24) is 0 Å². The lowest BCUT2D eigenvalue weighted by Gasteiger charge is -2.37. The lowest BCUT2D eigenvalue weighted by molar-refractivity contribution is 0.0498. The van der Waals surface area contributed by atoms with Crippen LogP contribution in [0.15, 0.2) is 18.2 Å². The Bertz CT molecular complexity index is 469. The largest absolute Gasteiger partial charge is 0.379 e. The van der Waals surface area contributed by atoms with Crippen LogP contribution < -0.4 is 4.90 Å². The van der Waals surface area contributed by atoms with Gasteiger partial charge in [-0.25, -0.2) is 4.39 Å². The minimum absolute atomic E-state index is 0.160. The molecule has 0 N–H and O–H groups in total. The molecule has 1 fully saturated rings. The predicted molar refractivity (Wildman–Crippen MR) is 67.9 cm³/mol. The summed E-state index contributed by atoms with van der Waals surface area (Å²) in [5, 5.41) is 8.87. The second kappa shape index (κ2) is 5.36. The van der Waals surface area contributed by atoms with Gasteiger partial charge < -0.3 is 9.64 Å². The van der Waals surface area contributed by atoms with E-state index in [2.05, 4.69) is 11.8 Å². The van der Waals surface area contributed by atoms with Crippen molar-refractivity contribution in [3.8, 4) is 6.07 Å². The van der Waals surface area contributed by atoms with Crippen molar-refractivity contribution in [3.63, 3.8) is 0 Å². The molecule has 96 valence electrons. The number of hydrogen-bond acceptors (Lipinski definition) is 3. The molecule has 0 spiro atoms. The van der Waals surface area contributed by atoms with Crippen molar-refractivity contribution >= 4 is 5.69 Å². The van der Waals surface area contributed by atoms with Gasteiger partial charge in [0.1, 0.15) is 5.82 Å². The molecule has 2 unspecified atom stereocenters. The van der Waals surface area contributed by atoms with Crippen molar-refractivity contribution in [2.75, 3.05) is 25.1 Å². The van der Waals surface area contributed by atoms with E-state index >= 15 is 0 Å². The monoisotopic (exact) mass is 248 g/mol. The highest BCUT2D eigenvalue weighted by Crippen LogP contribution is 2.26. The maximum Gasteiger partial charge on any atom is 0.126 e. The maximum absolute atomic E-state index is 13.4. The molecule has 2 rings (SSSR count). The molecule has 1 saturated heterocycles. The Hall–Kier alpha value is -1.60. The van der Waals surface area contributed by atoms with E-state index in [0.717, 1.165) is 25.2 Å². The molecule has 0 aliphatic carbocycles.